The normalized spacial score (nSPS) is 12.1. The van der Waals surface area contributed by atoms with Crippen molar-refractivity contribution < 1.29 is 19.5 Å². The molecule has 0 heterocycles. The quantitative estimate of drug-likeness (QED) is 0.322. The first-order chi connectivity index (χ1) is 14.7. The summed E-state index contributed by atoms with van der Waals surface area (Å²) in [7, 11) is 0. The van der Waals surface area contributed by atoms with Gasteiger partial charge in [0.15, 0.2) is 0 Å². The molecule has 1 atom stereocenters. The van der Waals surface area contributed by atoms with E-state index >= 15 is 0 Å². The van der Waals surface area contributed by atoms with Gasteiger partial charge in [0, 0.05) is 5.56 Å². The first-order valence-electron chi connectivity index (χ1n) is 9.62. The first-order valence-corrected chi connectivity index (χ1v) is 9.62. The highest BCUT2D eigenvalue weighted by Crippen LogP contribution is 2.16. The molecule has 3 aromatic rings. The summed E-state index contributed by atoms with van der Waals surface area (Å²) in [6.07, 6.45) is -0.588. The molecule has 6 heteroatoms. The van der Waals surface area contributed by atoms with Crippen LogP contribution in [0.3, 0.4) is 0 Å². The molecule has 154 valence electrons. The summed E-state index contributed by atoms with van der Waals surface area (Å²) >= 11 is 0. The fraction of sp³-hybridized carbons (Fsp3) is 0.167. The number of nitrogens with one attached hydrogen (secondary N) is 1. The standard InChI is InChI=1S/C24H24N2O4/c1-18(25-24(27)30-17-20-10-6-3-7-11-20)23(26-28)21-12-14-22(15-13-21)29-16-19-8-4-2-5-9-19/h2-15,18,28H,16-17H2,1H3,(H,25,27)/t18-/m1/s1. The van der Waals surface area contributed by atoms with Crippen molar-refractivity contribution >= 4 is 11.8 Å². The summed E-state index contributed by atoms with van der Waals surface area (Å²) in [5.41, 5.74) is 2.95. The van der Waals surface area contributed by atoms with Gasteiger partial charge in [0.25, 0.3) is 0 Å². The molecule has 0 radical (unpaired) electrons. The minimum atomic E-state index is -0.588. The Morgan fingerprint density at radius 2 is 1.47 bits per heavy atom. The van der Waals surface area contributed by atoms with Crippen molar-refractivity contribution in [1.29, 1.82) is 0 Å². The van der Waals surface area contributed by atoms with Gasteiger partial charge < -0.3 is 20.0 Å². The van der Waals surface area contributed by atoms with Gasteiger partial charge in [-0.1, -0.05) is 65.8 Å². The summed E-state index contributed by atoms with van der Waals surface area (Å²) in [6, 6.07) is 25.9. The summed E-state index contributed by atoms with van der Waals surface area (Å²) in [5, 5.41) is 15.5. The molecular formula is C24H24N2O4. The van der Waals surface area contributed by atoms with Gasteiger partial charge in [-0.3, -0.25) is 0 Å². The van der Waals surface area contributed by atoms with Crippen molar-refractivity contribution in [3.05, 3.63) is 102 Å². The van der Waals surface area contributed by atoms with Gasteiger partial charge >= 0.3 is 6.09 Å². The van der Waals surface area contributed by atoms with Gasteiger partial charge in [-0.05, 0) is 42.3 Å². The molecule has 0 aromatic heterocycles. The third-order valence-electron chi connectivity index (χ3n) is 4.46. The van der Waals surface area contributed by atoms with E-state index in [2.05, 4.69) is 10.5 Å². The molecule has 0 unspecified atom stereocenters. The molecule has 0 fully saturated rings. The maximum absolute atomic E-state index is 12.1. The summed E-state index contributed by atoms with van der Waals surface area (Å²) in [4.78, 5) is 12.1. The number of alkyl carbamates (subject to hydrolysis) is 1. The molecule has 0 saturated heterocycles. The Kier molecular flexibility index (Phi) is 7.44. The topological polar surface area (TPSA) is 80.2 Å². The van der Waals surface area contributed by atoms with Gasteiger partial charge in [0.2, 0.25) is 0 Å². The molecule has 3 aromatic carbocycles. The number of hydrogen-bond acceptors (Lipinski definition) is 5. The number of benzene rings is 3. The van der Waals surface area contributed by atoms with Crippen molar-refractivity contribution in [3.63, 3.8) is 0 Å². The zero-order valence-corrected chi connectivity index (χ0v) is 16.7. The minimum absolute atomic E-state index is 0.165. The van der Waals surface area contributed by atoms with Crippen LogP contribution in [0, 0.1) is 0 Å². The number of ether oxygens (including phenoxy) is 2. The first kappa shape index (κ1) is 20.9. The Morgan fingerprint density at radius 1 is 0.900 bits per heavy atom. The second-order valence-electron chi connectivity index (χ2n) is 6.71. The SMILES string of the molecule is C[C@@H](NC(=O)OCc1ccccc1)C(=NO)c1ccc(OCc2ccccc2)cc1. The van der Waals surface area contributed by atoms with Crippen LogP contribution in [-0.2, 0) is 18.0 Å². The molecule has 2 N–H and O–H groups in total. The van der Waals surface area contributed by atoms with Crippen LogP contribution in [0.2, 0.25) is 0 Å². The lowest BCUT2D eigenvalue weighted by atomic mass is 10.0. The molecule has 0 bridgehead atoms. The summed E-state index contributed by atoms with van der Waals surface area (Å²) in [6.45, 7) is 2.35. The average molecular weight is 404 g/mol. The van der Waals surface area contributed by atoms with Gasteiger partial charge in [-0.25, -0.2) is 4.79 Å². The van der Waals surface area contributed by atoms with Crippen LogP contribution in [-0.4, -0.2) is 23.1 Å². The van der Waals surface area contributed by atoms with Crippen molar-refractivity contribution in [2.24, 2.45) is 5.16 Å². The second kappa shape index (κ2) is 10.7. The predicted octanol–water partition coefficient (Wildman–Crippen LogP) is 4.76. The van der Waals surface area contributed by atoms with E-state index in [0.717, 1.165) is 11.1 Å². The Morgan fingerprint density at radius 3 is 2.03 bits per heavy atom. The van der Waals surface area contributed by atoms with E-state index < -0.39 is 12.1 Å². The van der Waals surface area contributed by atoms with Gasteiger partial charge in [-0.2, -0.15) is 0 Å². The van der Waals surface area contributed by atoms with Crippen LogP contribution < -0.4 is 10.1 Å². The van der Waals surface area contributed by atoms with Crippen LogP contribution in [0.1, 0.15) is 23.6 Å². The lowest BCUT2D eigenvalue weighted by molar-refractivity contribution is 0.138. The maximum Gasteiger partial charge on any atom is 0.407 e. The van der Waals surface area contributed by atoms with Crippen molar-refractivity contribution in [3.8, 4) is 5.75 Å². The smallest absolute Gasteiger partial charge is 0.407 e. The molecule has 3 rings (SSSR count). The monoisotopic (exact) mass is 404 g/mol. The van der Waals surface area contributed by atoms with Gasteiger partial charge in [0.05, 0.1) is 6.04 Å². The number of oxime groups is 1. The molecule has 6 nitrogen and oxygen atoms in total. The average Bonchev–Trinajstić information content (AvgIpc) is 2.79. The largest absolute Gasteiger partial charge is 0.489 e. The molecule has 30 heavy (non-hydrogen) atoms. The summed E-state index contributed by atoms with van der Waals surface area (Å²) in [5.74, 6) is 0.697. The number of hydrogen-bond donors (Lipinski definition) is 2. The van der Waals surface area contributed by atoms with Crippen LogP contribution >= 0.6 is 0 Å². The second-order valence-corrected chi connectivity index (χ2v) is 6.71. The van der Waals surface area contributed by atoms with Crippen LogP contribution in [0.15, 0.2) is 90.1 Å². The highest BCUT2D eigenvalue weighted by molar-refractivity contribution is 6.05. The molecular weight excluding hydrogens is 380 g/mol. The molecule has 1 amide bonds. The zero-order chi connectivity index (χ0) is 21.2. The number of nitrogens with zero attached hydrogens (tertiary/aromatic N) is 1. The van der Waals surface area contributed by atoms with Gasteiger partial charge in [-0.15, -0.1) is 0 Å². The van der Waals surface area contributed by atoms with E-state index in [0.29, 0.717) is 23.6 Å². The van der Waals surface area contributed by atoms with E-state index in [1.54, 1.807) is 31.2 Å². The Hall–Kier alpha value is -3.80. The van der Waals surface area contributed by atoms with Crippen LogP contribution in [0.25, 0.3) is 0 Å². The Labute approximate surface area is 175 Å². The van der Waals surface area contributed by atoms with Crippen LogP contribution in [0.5, 0.6) is 5.75 Å². The highest BCUT2D eigenvalue weighted by Gasteiger charge is 2.17. The minimum Gasteiger partial charge on any atom is -0.489 e. The lowest BCUT2D eigenvalue weighted by Gasteiger charge is -2.16. The predicted molar refractivity (Wildman–Crippen MR) is 115 cm³/mol. The highest BCUT2D eigenvalue weighted by atomic mass is 16.5. The number of amides is 1. The van der Waals surface area contributed by atoms with Gasteiger partial charge in [0.1, 0.15) is 24.7 Å². The zero-order valence-electron chi connectivity index (χ0n) is 16.7. The fourth-order valence-corrected chi connectivity index (χ4v) is 2.87. The van der Waals surface area contributed by atoms with Crippen molar-refractivity contribution in [2.75, 3.05) is 0 Å². The third-order valence-corrected chi connectivity index (χ3v) is 4.46. The van der Waals surface area contributed by atoms with Crippen LogP contribution in [0.4, 0.5) is 4.79 Å². The molecule has 0 aliphatic carbocycles. The maximum atomic E-state index is 12.1. The fourth-order valence-electron chi connectivity index (χ4n) is 2.87. The van der Waals surface area contributed by atoms with E-state index in [1.165, 1.54) is 0 Å². The summed E-state index contributed by atoms with van der Waals surface area (Å²) < 4.78 is 11.0. The molecule has 0 aliphatic rings. The lowest BCUT2D eigenvalue weighted by Crippen LogP contribution is -2.39. The third kappa shape index (κ3) is 6.10. The molecule has 0 aliphatic heterocycles. The number of carbonyl (C=O) groups excluding carboxylic acids is 1. The Balaban J connectivity index is 1.53. The van der Waals surface area contributed by atoms with Crippen molar-refractivity contribution in [2.45, 2.75) is 26.2 Å². The van der Waals surface area contributed by atoms with E-state index in [9.17, 15) is 10.0 Å². The molecule has 0 saturated carbocycles. The van der Waals surface area contributed by atoms with Crippen molar-refractivity contribution in [1.82, 2.24) is 5.32 Å². The molecule has 0 spiro atoms. The van der Waals surface area contributed by atoms with E-state index in [1.807, 2.05) is 60.7 Å². The number of carbonyl (C=O) groups is 1. The van der Waals surface area contributed by atoms with E-state index in [4.69, 9.17) is 9.47 Å². The Bertz CT molecular complexity index is 958. The van der Waals surface area contributed by atoms with E-state index in [-0.39, 0.29) is 6.61 Å². The number of rotatable bonds is 8.